The van der Waals surface area contributed by atoms with E-state index in [1.165, 1.54) is 32.4 Å². The van der Waals surface area contributed by atoms with Gasteiger partial charge in [-0.15, -0.1) is 0 Å². The lowest BCUT2D eigenvalue weighted by atomic mass is 10.1. The van der Waals surface area contributed by atoms with Gasteiger partial charge >= 0.3 is 0 Å². The van der Waals surface area contributed by atoms with Gasteiger partial charge in [-0.1, -0.05) is 19.9 Å². The zero-order valence-electron chi connectivity index (χ0n) is 13.6. The summed E-state index contributed by atoms with van der Waals surface area (Å²) in [6, 6.07) is 6.83. The normalized spacial score (nSPS) is 16.6. The quantitative estimate of drug-likeness (QED) is 0.796. The minimum Gasteiger partial charge on any atom is -0.357 e. The summed E-state index contributed by atoms with van der Waals surface area (Å²) >= 11 is 0. The van der Waals surface area contributed by atoms with Crippen molar-refractivity contribution in [1.82, 2.24) is 15.2 Å². The molecule has 2 heterocycles. The van der Waals surface area contributed by atoms with Gasteiger partial charge in [0.2, 0.25) is 0 Å². The van der Waals surface area contributed by atoms with Gasteiger partial charge in [0.05, 0.1) is 0 Å². The lowest BCUT2D eigenvalue weighted by molar-refractivity contribution is 0.277. The summed E-state index contributed by atoms with van der Waals surface area (Å²) in [7, 11) is 0. The van der Waals surface area contributed by atoms with E-state index < -0.39 is 0 Å². The van der Waals surface area contributed by atoms with Crippen LogP contribution in [0.4, 0.5) is 5.82 Å². The maximum atomic E-state index is 4.44. The molecule has 1 N–H and O–H groups in total. The molecular weight excluding hydrogens is 260 g/mol. The molecule has 0 amide bonds. The Morgan fingerprint density at radius 1 is 1.24 bits per heavy atom. The molecule has 21 heavy (non-hydrogen) atoms. The van der Waals surface area contributed by atoms with Crippen LogP contribution in [0, 0.1) is 0 Å². The average molecular weight is 290 g/mol. The monoisotopic (exact) mass is 290 g/mol. The molecule has 1 aromatic heterocycles. The maximum absolute atomic E-state index is 4.44. The highest BCUT2D eigenvalue weighted by molar-refractivity contribution is 5.38. The second-order valence-electron chi connectivity index (χ2n) is 5.84. The number of aromatic nitrogens is 1. The minimum absolute atomic E-state index is 0.672. The molecule has 0 bridgehead atoms. The third-order valence-electron chi connectivity index (χ3n) is 4.32. The third-order valence-corrected chi connectivity index (χ3v) is 4.32. The summed E-state index contributed by atoms with van der Waals surface area (Å²) in [5.74, 6) is 1.12. The van der Waals surface area contributed by atoms with Gasteiger partial charge in [0, 0.05) is 38.4 Å². The molecule has 0 unspecified atom stereocenters. The van der Waals surface area contributed by atoms with Crippen molar-refractivity contribution in [2.75, 3.05) is 44.2 Å². The van der Waals surface area contributed by atoms with Gasteiger partial charge in [0.25, 0.3) is 0 Å². The molecule has 0 aliphatic carbocycles. The van der Waals surface area contributed by atoms with Crippen molar-refractivity contribution in [1.29, 1.82) is 0 Å². The van der Waals surface area contributed by atoms with Crippen LogP contribution in [0.3, 0.4) is 0 Å². The molecule has 0 atom stereocenters. The van der Waals surface area contributed by atoms with Crippen molar-refractivity contribution in [3.63, 3.8) is 0 Å². The highest BCUT2D eigenvalue weighted by atomic mass is 15.2. The summed E-state index contributed by atoms with van der Waals surface area (Å²) in [5, 5.41) is 3.73. The predicted octanol–water partition coefficient (Wildman–Crippen LogP) is 2.37. The van der Waals surface area contributed by atoms with E-state index >= 15 is 0 Å². The number of likely N-dealkylation sites (N-methyl/N-ethyl adjacent to an activating group) is 1. The van der Waals surface area contributed by atoms with Crippen LogP contribution in [0.25, 0.3) is 0 Å². The zero-order chi connectivity index (χ0) is 14.9. The molecule has 1 saturated heterocycles. The molecule has 1 aliphatic rings. The lowest BCUT2D eigenvalue weighted by Crippen LogP contribution is -2.45. The van der Waals surface area contributed by atoms with Crippen molar-refractivity contribution >= 4 is 5.82 Å². The van der Waals surface area contributed by atoms with Crippen LogP contribution < -0.4 is 10.2 Å². The summed E-state index contributed by atoms with van der Waals surface area (Å²) in [5.41, 5.74) is 0. The Kier molecular flexibility index (Phi) is 6.96. The first kappa shape index (κ1) is 16.2. The van der Waals surface area contributed by atoms with Crippen LogP contribution in [-0.2, 0) is 0 Å². The Morgan fingerprint density at radius 3 is 2.67 bits per heavy atom. The van der Waals surface area contributed by atoms with Gasteiger partial charge in [0.15, 0.2) is 0 Å². The number of pyridine rings is 1. The Bertz CT molecular complexity index is 374. The van der Waals surface area contributed by atoms with Crippen molar-refractivity contribution in [2.45, 2.75) is 39.2 Å². The number of hydrogen-bond donors (Lipinski definition) is 1. The van der Waals surface area contributed by atoms with E-state index in [0.29, 0.717) is 6.04 Å². The van der Waals surface area contributed by atoms with Crippen LogP contribution >= 0.6 is 0 Å². The minimum atomic E-state index is 0.672. The second kappa shape index (κ2) is 9.00. The Labute approximate surface area is 129 Å². The number of piperidine rings is 1. The van der Waals surface area contributed by atoms with Gasteiger partial charge in [-0.05, 0) is 44.5 Å². The largest absolute Gasteiger partial charge is 0.357 e. The van der Waals surface area contributed by atoms with Crippen LogP contribution in [-0.4, -0.2) is 55.2 Å². The van der Waals surface area contributed by atoms with E-state index in [-0.39, 0.29) is 0 Å². The SMILES string of the molecule is CCCN(CC)CCNC1CCN(c2ccccn2)CC1. The number of rotatable bonds is 8. The zero-order valence-corrected chi connectivity index (χ0v) is 13.6. The van der Waals surface area contributed by atoms with Gasteiger partial charge < -0.3 is 15.1 Å². The number of nitrogens with one attached hydrogen (secondary N) is 1. The topological polar surface area (TPSA) is 31.4 Å². The molecule has 1 aliphatic heterocycles. The highest BCUT2D eigenvalue weighted by Gasteiger charge is 2.19. The maximum Gasteiger partial charge on any atom is 0.128 e. The predicted molar refractivity (Wildman–Crippen MR) is 89.9 cm³/mol. The molecule has 0 radical (unpaired) electrons. The summed E-state index contributed by atoms with van der Waals surface area (Å²) < 4.78 is 0. The Morgan fingerprint density at radius 2 is 2.05 bits per heavy atom. The molecule has 2 rings (SSSR count). The highest BCUT2D eigenvalue weighted by Crippen LogP contribution is 2.16. The van der Waals surface area contributed by atoms with Crippen molar-refractivity contribution in [3.05, 3.63) is 24.4 Å². The molecule has 1 aromatic rings. The molecule has 0 saturated carbocycles. The molecule has 0 spiro atoms. The van der Waals surface area contributed by atoms with Crippen LogP contribution in [0.2, 0.25) is 0 Å². The standard InChI is InChI=1S/C17H30N4/c1-3-12-20(4-2)15-11-18-16-8-13-21(14-9-16)17-7-5-6-10-19-17/h5-7,10,16,18H,3-4,8-9,11-15H2,1-2H3. The summed E-state index contributed by atoms with van der Waals surface area (Å²) in [6.45, 7) is 11.4. The second-order valence-corrected chi connectivity index (χ2v) is 5.84. The van der Waals surface area contributed by atoms with E-state index in [1.807, 2.05) is 12.3 Å². The Hall–Kier alpha value is -1.13. The first-order valence-corrected chi connectivity index (χ1v) is 8.45. The molecule has 0 aromatic carbocycles. The van der Waals surface area contributed by atoms with Gasteiger partial charge in [-0.2, -0.15) is 0 Å². The molecule has 118 valence electrons. The fourth-order valence-corrected chi connectivity index (χ4v) is 3.02. The Balaban J connectivity index is 1.65. The summed E-state index contributed by atoms with van der Waals surface area (Å²) in [6.07, 6.45) is 5.57. The van der Waals surface area contributed by atoms with Crippen molar-refractivity contribution in [2.24, 2.45) is 0 Å². The van der Waals surface area contributed by atoms with E-state index in [4.69, 9.17) is 0 Å². The first-order chi connectivity index (χ1) is 10.3. The molecular formula is C17H30N4. The lowest BCUT2D eigenvalue weighted by Gasteiger charge is -2.33. The van der Waals surface area contributed by atoms with Crippen LogP contribution in [0.5, 0.6) is 0 Å². The van der Waals surface area contributed by atoms with E-state index in [9.17, 15) is 0 Å². The average Bonchev–Trinajstić information content (AvgIpc) is 2.55. The van der Waals surface area contributed by atoms with Gasteiger partial charge in [-0.3, -0.25) is 0 Å². The van der Waals surface area contributed by atoms with Crippen molar-refractivity contribution < 1.29 is 0 Å². The molecule has 1 fully saturated rings. The van der Waals surface area contributed by atoms with Crippen LogP contribution in [0.15, 0.2) is 24.4 Å². The molecule has 4 nitrogen and oxygen atoms in total. The number of nitrogens with zero attached hydrogens (tertiary/aromatic N) is 3. The van der Waals surface area contributed by atoms with E-state index in [2.05, 4.69) is 46.1 Å². The molecule has 4 heteroatoms. The first-order valence-electron chi connectivity index (χ1n) is 8.45. The summed E-state index contributed by atoms with van der Waals surface area (Å²) in [4.78, 5) is 9.36. The number of anilines is 1. The fourth-order valence-electron chi connectivity index (χ4n) is 3.02. The van der Waals surface area contributed by atoms with E-state index in [0.717, 1.165) is 32.0 Å². The smallest absolute Gasteiger partial charge is 0.128 e. The van der Waals surface area contributed by atoms with Gasteiger partial charge in [-0.25, -0.2) is 4.98 Å². The fraction of sp³-hybridized carbons (Fsp3) is 0.706. The van der Waals surface area contributed by atoms with Crippen molar-refractivity contribution in [3.8, 4) is 0 Å². The number of hydrogen-bond acceptors (Lipinski definition) is 4. The van der Waals surface area contributed by atoms with E-state index in [1.54, 1.807) is 0 Å². The van der Waals surface area contributed by atoms with Crippen LogP contribution in [0.1, 0.15) is 33.1 Å². The third kappa shape index (κ3) is 5.29. The van der Waals surface area contributed by atoms with Gasteiger partial charge in [0.1, 0.15) is 5.82 Å².